The van der Waals surface area contributed by atoms with E-state index in [2.05, 4.69) is 44.9 Å². The third-order valence-corrected chi connectivity index (χ3v) is 6.61. The lowest BCUT2D eigenvalue weighted by atomic mass is 9.96. The van der Waals surface area contributed by atoms with Crippen molar-refractivity contribution in [2.24, 2.45) is 5.92 Å². The summed E-state index contributed by atoms with van der Waals surface area (Å²) in [4.78, 5) is 10.9. The molecule has 1 aliphatic rings. The van der Waals surface area contributed by atoms with Crippen molar-refractivity contribution in [3.63, 3.8) is 0 Å². The number of halogens is 3. The first-order chi connectivity index (χ1) is 13.9. The molecule has 1 aromatic carbocycles. The molecule has 4 rings (SSSR count). The Morgan fingerprint density at radius 2 is 1.83 bits per heavy atom. The van der Waals surface area contributed by atoms with Gasteiger partial charge in [0, 0.05) is 46.4 Å². The van der Waals surface area contributed by atoms with Crippen LogP contribution in [0.5, 0.6) is 0 Å². The molecular formula is C22H21BrCl2N4. The molecule has 0 N–H and O–H groups in total. The minimum atomic E-state index is 0.508. The summed E-state index contributed by atoms with van der Waals surface area (Å²) < 4.78 is 2.85. The number of hydrogen-bond acceptors (Lipinski definition) is 2. The number of nitrogens with zero attached hydrogens (tertiary/aromatic N) is 4. The maximum Gasteiger partial charge on any atom is 0.217 e. The molecule has 2 aromatic heterocycles. The Balaban J connectivity index is 1.83. The van der Waals surface area contributed by atoms with Gasteiger partial charge in [0.25, 0.3) is 0 Å². The van der Waals surface area contributed by atoms with E-state index in [-0.39, 0.29) is 0 Å². The summed E-state index contributed by atoms with van der Waals surface area (Å²) in [5, 5.41) is 2.28. The molecule has 1 saturated heterocycles. The molecule has 0 radical (unpaired) electrons. The fourth-order valence-electron chi connectivity index (χ4n) is 4.18. The number of anilines is 1. The minimum Gasteiger partial charge on any atom is -0.371 e. The summed E-state index contributed by atoms with van der Waals surface area (Å²) in [6.45, 7) is 13.8. The quantitative estimate of drug-likeness (QED) is 0.374. The average Bonchev–Trinajstić information content (AvgIpc) is 2.97. The lowest BCUT2D eigenvalue weighted by Crippen LogP contribution is -2.34. The Bertz CT molecular complexity index is 1100. The number of aryl methyl sites for hydroxylation is 2. The summed E-state index contributed by atoms with van der Waals surface area (Å²) in [5.41, 5.74) is 4.91. The van der Waals surface area contributed by atoms with E-state index in [1.165, 1.54) is 5.69 Å². The molecule has 0 amide bonds. The lowest BCUT2D eigenvalue weighted by molar-refractivity contribution is 0.431. The number of hydrogen-bond donors (Lipinski definition) is 0. The maximum atomic E-state index is 7.13. The maximum absolute atomic E-state index is 7.13. The monoisotopic (exact) mass is 490 g/mol. The Labute approximate surface area is 189 Å². The highest BCUT2D eigenvalue weighted by Crippen LogP contribution is 2.39. The number of rotatable bonds is 3. The van der Waals surface area contributed by atoms with Crippen LogP contribution >= 0.6 is 39.1 Å². The van der Waals surface area contributed by atoms with Crippen LogP contribution in [0.1, 0.15) is 24.1 Å². The fraction of sp³-hybridized carbons (Fsp3) is 0.364. The van der Waals surface area contributed by atoms with Gasteiger partial charge in [-0.25, -0.2) is 11.6 Å². The molecule has 0 bridgehead atoms. The molecule has 0 spiro atoms. The van der Waals surface area contributed by atoms with Gasteiger partial charge in [0.05, 0.1) is 15.7 Å². The van der Waals surface area contributed by atoms with Gasteiger partial charge in [-0.05, 0) is 50.5 Å². The summed E-state index contributed by atoms with van der Waals surface area (Å²) in [6, 6.07) is 5.87. The SMILES string of the molecule is [C-]#[N+]CC1CCN(c2cc(C)nc3c2c(C)cn3-c2c(Cl)cc(Br)cc2Cl)CC1. The summed E-state index contributed by atoms with van der Waals surface area (Å²) in [6.07, 6.45) is 4.16. The van der Waals surface area contributed by atoms with Gasteiger partial charge in [-0.2, -0.15) is 0 Å². The molecule has 0 atom stereocenters. The zero-order valence-electron chi connectivity index (χ0n) is 16.3. The molecule has 0 saturated carbocycles. The number of piperidine rings is 1. The highest BCUT2D eigenvalue weighted by molar-refractivity contribution is 9.10. The van der Waals surface area contributed by atoms with Crippen molar-refractivity contribution in [3.8, 4) is 5.69 Å². The minimum absolute atomic E-state index is 0.508. The van der Waals surface area contributed by atoms with E-state index < -0.39 is 0 Å². The molecule has 0 aliphatic carbocycles. The van der Waals surface area contributed by atoms with Gasteiger partial charge in [0.1, 0.15) is 5.65 Å². The number of pyridine rings is 1. The number of aromatic nitrogens is 2. The molecule has 7 heteroatoms. The molecular weight excluding hydrogens is 471 g/mol. The van der Waals surface area contributed by atoms with E-state index in [0.29, 0.717) is 22.5 Å². The summed E-state index contributed by atoms with van der Waals surface area (Å²) >= 11 is 16.6. The topological polar surface area (TPSA) is 25.4 Å². The van der Waals surface area contributed by atoms with Crippen LogP contribution in [0.25, 0.3) is 21.6 Å². The van der Waals surface area contributed by atoms with Gasteiger partial charge in [-0.1, -0.05) is 39.1 Å². The van der Waals surface area contributed by atoms with E-state index in [1.54, 1.807) is 0 Å². The van der Waals surface area contributed by atoms with Gasteiger partial charge in [-0.15, -0.1) is 0 Å². The van der Waals surface area contributed by atoms with Gasteiger partial charge in [0.15, 0.2) is 0 Å². The van der Waals surface area contributed by atoms with E-state index in [9.17, 15) is 0 Å². The van der Waals surface area contributed by atoms with Crippen molar-refractivity contribution in [1.29, 1.82) is 0 Å². The van der Waals surface area contributed by atoms with Crippen LogP contribution in [0.2, 0.25) is 10.0 Å². The molecule has 4 nitrogen and oxygen atoms in total. The molecule has 1 aliphatic heterocycles. The Hall–Kier alpha value is -1.74. The second-order valence-electron chi connectivity index (χ2n) is 7.65. The van der Waals surface area contributed by atoms with Gasteiger partial charge in [0.2, 0.25) is 6.54 Å². The zero-order chi connectivity index (χ0) is 20.7. The standard InChI is InChI=1S/C22H21BrCl2N4/c1-13-12-29(21-17(24)9-16(23)10-18(21)25)22-20(13)19(8-14(2)27-22)28-6-4-15(5-7-28)11-26-3/h8-10,12,15H,4-7,11H2,1-2H3. The van der Waals surface area contributed by atoms with Crippen molar-refractivity contribution in [2.75, 3.05) is 24.5 Å². The van der Waals surface area contributed by atoms with Crippen LogP contribution in [0.3, 0.4) is 0 Å². The summed E-state index contributed by atoms with van der Waals surface area (Å²) in [5.74, 6) is 0.508. The predicted molar refractivity (Wildman–Crippen MR) is 125 cm³/mol. The van der Waals surface area contributed by atoms with E-state index in [0.717, 1.165) is 58.4 Å². The normalized spacial score (nSPS) is 15.1. The van der Waals surface area contributed by atoms with Crippen LogP contribution in [-0.4, -0.2) is 29.2 Å². The van der Waals surface area contributed by atoms with E-state index in [4.69, 9.17) is 34.8 Å². The van der Waals surface area contributed by atoms with E-state index in [1.807, 2.05) is 23.6 Å². The van der Waals surface area contributed by atoms with Crippen LogP contribution in [-0.2, 0) is 0 Å². The third-order valence-electron chi connectivity index (χ3n) is 5.58. The lowest BCUT2D eigenvalue weighted by Gasteiger charge is -2.32. The smallest absolute Gasteiger partial charge is 0.217 e. The Morgan fingerprint density at radius 3 is 2.45 bits per heavy atom. The molecule has 3 heterocycles. The molecule has 0 unspecified atom stereocenters. The third kappa shape index (κ3) is 3.86. The van der Waals surface area contributed by atoms with Gasteiger partial charge in [-0.3, -0.25) is 4.57 Å². The van der Waals surface area contributed by atoms with Crippen molar-refractivity contribution in [2.45, 2.75) is 26.7 Å². The van der Waals surface area contributed by atoms with Crippen LogP contribution in [0.4, 0.5) is 5.69 Å². The molecule has 1 fully saturated rings. The fourth-order valence-corrected chi connectivity index (χ4v) is 5.57. The van der Waals surface area contributed by atoms with Gasteiger partial charge < -0.3 is 9.74 Å². The van der Waals surface area contributed by atoms with Crippen molar-refractivity contribution in [1.82, 2.24) is 9.55 Å². The first-order valence-corrected chi connectivity index (χ1v) is 11.2. The second-order valence-corrected chi connectivity index (χ2v) is 9.38. The van der Waals surface area contributed by atoms with Crippen LogP contribution in [0, 0.1) is 26.3 Å². The number of benzene rings is 1. The Kier molecular flexibility index (Phi) is 5.79. The van der Waals surface area contributed by atoms with E-state index >= 15 is 0 Å². The Morgan fingerprint density at radius 1 is 1.17 bits per heavy atom. The predicted octanol–water partition coefficient (Wildman–Crippen LogP) is 6.85. The first kappa shape index (κ1) is 20.5. The average molecular weight is 492 g/mol. The highest BCUT2D eigenvalue weighted by atomic mass is 79.9. The van der Waals surface area contributed by atoms with Crippen molar-refractivity contribution >= 4 is 55.9 Å². The molecule has 150 valence electrons. The molecule has 29 heavy (non-hydrogen) atoms. The second kappa shape index (κ2) is 8.18. The van der Waals surface area contributed by atoms with Crippen LogP contribution in [0.15, 0.2) is 28.9 Å². The highest BCUT2D eigenvalue weighted by Gasteiger charge is 2.25. The van der Waals surface area contributed by atoms with Crippen LogP contribution < -0.4 is 4.90 Å². The summed E-state index contributed by atoms with van der Waals surface area (Å²) in [7, 11) is 0. The first-order valence-electron chi connectivity index (χ1n) is 9.61. The zero-order valence-corrected chi connectivity index (χ0v) is 19.4. The van der Waals surface area contributed by atoms with Crippen molar-refractivity contribution < 1.29 is 0 Å². The van der Waals surface area contributed by atoms with Gasteiger partial charge >= 0.3 is 0 Å². The molecule has 3 aromatic rings. The number of fused-ring (bicyclic) bond motifs is 1. The largest absolute Gasteiger partial charge is 0.371 e. The van der Waals surface area contributed by atoms with Crippen molar-refractivity contribution in [3.05, 3.63) is 61.6 Å².